The van der Waals surface area contributed by atoms with Gasteiger partial charge in [-0.2, -0.15) is 0 Å². The molecule has 1 N–H and O–H groups in total. The molecule has 25 heavy (non-hydrogen) atoms. The van der Waals surface area contributed by atoms with E-state index in [0.717, 1.165) is 20.4 Å². The molecule has 1 aromatic carbocycles. The van der Waals surface area contributed by atoms with E-state index in [4.69, 9.17) is 9.47 Å². The van der Waals surface area contributed by atoms with Crippen molar-refractivity contribution in [1.29, 1.82) is 0 Å². The summed E-state index contributed by atoms with van der Waals surface area (Å²) in [5.41, 5.74) is 1.31. The normalized spacial score (nSPS) is 20.5. The Labute approximate surface area is 161 Å². The van der Waals surface area contributed by atoms with Crippen LogP contribution in [0.2, 0.25) is 0 Å². The summed E-state index contributed by atoms with van der Waals surface area (Å²) < 4.78 is 12.5. The Morgan fingerprint density at radius 2 is 1.80 bits per heavy atom. The van der Waals surface area contributed by atoms with Crippen LogP contribution in [-0.2, 0) is 9.53 Å². The Morgan fingerprint density at radius 3 is 2.28 bits per heavy atom. The fourth-order valence-electron chi connectivity index (χ4n) is 2.89. The molecule has 2 unspecified atom stereocenters. The molecule has 0 radical (unpaired) electrons. The predicted octanol–water partition coefficient (Wildman–Crippen LogP) is 3.75. The molecule has 7 heteroatoms. The Hall–Kier alpha value is -1.51. The molecule has 2 rings (SSSR count). The number of nitrogens with zero attached hydrogens (tertiary/aromatic N) is 1. The van der Waals surface area contributed by atoms with E-state index in [2.05, 4.69) is 22.6 Å². The number of hydrogen-bond donors (Lipinski definition) is 1. The van der Waals surface area contributed by atoms with Crippen molar-refractivity contribution >= 4 is 34.7 Å². The van der Waals surface area contributed by atoms with Crippen LogP contribution in [-0.4, -0.2) is 46.4 Å². The van der Waals surface area contributed by atoms with E-state index in [0.29, 0.717) is 0 Å². The first-order valence-electron chi connectivity index (χ1n) is 8.14. The van der Waals surface area contributed by atoms with Crippen molar-refractivity contribution in [2.75, 3.05) is 6.54 Å². The van der Waals surface area contributed by atoms with Crippen LogP contribution in [0.3, 0.4) is 0 Å². The first kappa shape index (κ1) is 19.8. The highest BCUT2D eigenvalue weighted by molar-refractivity contribution is 14.1. The van der Waals surface area contributed by atoms with Crippen molar-refractivity contribution in [2.24, 2.45) is 0 Å². The van der Waals surface area contributed by atoms with Crippen molar-refractivity contribution in [3.8, 4) is 5.75 Å². The fraction of sp³-hybridized carbons (Fsp3) is 0.556. The van der Waals surface area contributed by atoms with E-state index in [1.165, 1.54) is 4.90 Å². The van der Waals surface area contributed by atoms with Gasteiger partial charge in [0.2, 0.25) is 0 Å². The summed E-state index contributed by atoms with van der Waals surface area (Å²) in [6.07, 6.45) is -0.771. The third-order valence-electron chi connectivity index (χ3n) is 3.89. The van der Waals surface area contributed by atoms with Crippen molar-refractivity contribution in [1.82, 2.24) is 4.90 Å². The van der Waals surface area contributed by atoms with Gasteiger partial charge >= 0.3 is 12.1 Å². The van der Waals surface area contributed by atoms with Gasteiger partial charge in [0.1, 0.15) is 23.5 Å². The summed E-state index contributed by atoms with van der Waals surface area (Å²) in [5.74, 6) is -0.298. The number of hydrogen-bond acceptors (Lipinski definition) is 4. The Kier molecular flexibility index (Phi) is 5.86. The second-order valence-electron chi connectivity index (χ2n) is 7.33. The lowest BCUT2D eigenvalue weighted by Gasteiger charge is -2.26. The van der Waals surface area contributed by atoms with Crippen molar-refractivity contribution in [3.63, 3.8) is 0 Å². The number of carbonyl (C=O) groups is 2. The van der Waals surface area contributed by atoms with Gasteiger partial charge in [-0.25, -0.2) is 9.59 Å². The zero-order valence-corrected chi connectivity index (χ0v) is 17.3. The fourth-order valence-corrected chi connectivity index (χ4v) is 3.82. The van der Waals surface area contributed by atoms with E-state index >= 15 is 0 Å². The Bertz CT molecular complexity index is 660. The van der Waals surface area contributed by atoms with Crippen LogP contribution < -0.4 is 4.74 Å². The minimum Gasteiger partial charge on any atom is -0.488 e. The van der Waals surface area contributed by atoms with E-state index < -0.39 is 23.7 Å². The molecule has 1 aromatic rings. The maximum atomic E-state index is 12.3. The number of likely N-dealkylation sites (tertiary alicyclic amines) is 1. The van der Waals surface area contributed by atoms with Crippen molar-refractivity contribution in [2.45, 2.75) is 58.8 Å². The summed E-state index contributed by atoms with van der Waals surface area (Å²) in [6.45, 7) is 9.37. The summed E-state index contributed by atoms with van der Waals surface area (Å²) in [4.78, 5) is 25.1. The van der Waals surface area contributed by atoms with Gasteiger partial charge in [0, 0.05) is 9.99 Å². The lowest BCUT2D eigenvalue weighted by atomic mass is 10.1. The van der Waals surface area contributed by atoms with Crippen LogP contribution in [0.4, 0.5) is 4.79 Å². The topological polar surface area (TPSA) is 76.1 Å². The molecule has 0 aromatic heterocycles. The first-order valence-corrected chi connectivity index (χ1v) is 9.21. The average Bonchev–Trinajstić information content (AvgIpc) is 2.85. The van der Waals surface area contributed by atoms with Gasteiger partial charge in [-0.15, -0.1) is 0 Å². The van der Waals surface area contributed by atoms with Gasteiger partial charge in [-0.3, -0.25) is 4.90 Å². The van der Waals surface area contributed by atoms with Crippen molar-refractivity contribution < 1.29 is 24.2 Å². The number of carbonyl (C=O) groups excluding carboxylic acids is 1. The van der Waals surface area contributed by atoms with Gasteiger partial charge in [-0.1, -0.05) is 0 Å². The molecule has 0 aliphatic carbocycles. The van der Waals surface area contributed by atoms with E-state index in [9.17, 15) is 14.7 Å². The van der Waals surface area contributed by atoms with E-state index in [-0.39, 0.29) is 19.1 Å². The molecule has 1 aliphatic heterocycles. The molecule has 0 bridgehead atoms. The summed E-state index contributed by atoms with van der Waals surface area (Å²) in [7, 11) is 0. The molecule has 1 amide bonds. The largest absolute Gasteiger partial charge is 0.488 e. The highest BCUT2D eigenvalue weighted by Crippen LogP contribution is 2.30. The summed E-state index contributed by atoms with van der Waals surface area (Å²) in [5, 5.41) is 9.45. The summed E-state index contributed by atoms with van der Waals surface area (Å²) >= 11 is 2.25. The quantitative estimate of drug-likeness (QED) is 0.695. The number of carboxylic acid groups (broad SMARTS) is 1. The molecular formula is C18H24INO5. The maximum Gasteiger partial charge on any atom is 0.411 e. The second kappa shape index (κ2) is 7.39. The molecule has 2 atom stereocenters. The number of ether oxygens (including phenoxy) is 2. The van der Waals surface area contributed by atoms with Crippen LogP contribution in [0.15, 0.2) is 12.1 Å². The van der Waals surface area contributed by atoms with Gasteiger partial charge < -0.3 is 14.6 Å². The van der Waals surface area contributed by atoms with Crippen LogP contribution in [0, 0.1) is 17.4 Å². The number of aliphatic carboxylic acids is 1. The number of aryl methyl sites for hydroxylation is 2. The Balaban J connectivity index is 2.17. The Morgan fingerprint density at radius 1 is 1.24 bits per heavy atom. The van der Waals surface area contributed by atoms with Crippen LogP contribution >= 0.6 is 22.6 Å². The predicted molar refractivity (Wildman–Crippen MR) is 102 cm³/mol. The van der Waals surface area contributed by atoms with E-state index in [1.54, 1.807) is 20.8 Å². The second-order valence-corrected chi connectivity index (χ2v) is 8.58. The van der Waals surface area contributed by atoms with E-state index in [1.807, 2.05) is 26.0 Å². The van der Waals surface area contributed by atoms with Gasteiger partial charge in [0.05, 0.1) is 6.54 Å². The minimum atomic E-state index is -1.05. The number of halogens is 1. The summed E-state index contributed by atoms with van der Waals surface area (Å²) in [6, 6.07) is 3.08. The number of amides is 1. The van der Waals surface area contributed by atoms with Gasteiger partial charge in [0.15, 0.2) is 0 Å². The molecule has 1 aliphatic rings. The maximum absolute atomic E-state index is 12.3. The number of carboxylic acids is 1. The zero-order chi connectivity index (χ0) is 18.9. The standard InChI is InChI=1S/C18H24INO5/c1-10-6-12(19)7-11(2)15(10)24-13-8-14(16(21)22)20(9-13)17(23)25-18(3,4)5/h6-7,13-14H,8-9H2,1-5H3,(H,21,22). The average molecular weight is 461 g/mol. The molecule has 1 fully saturated rings. The van der Waals surface area contributed by atoms with Crippen molar-refractivity contribution in [3.05, 3.63) is 26.8 Å². The molecule has 138 valence electrons. The van der Waals surface area contributed by atoms with Gasteiger partial charge in [0.25, 0.3) is 0 Å². The van der Waals surface area contributed by atoms with Crippen LogP contribution in [0.1, 0.15) is 38.3 Å². The monoisotopic (exact) mass is 461 g/mol. The molecule has 1 saturated heterocycles. The zero-order valence-electron chi connectivity index (χ0n) is 15.1. The lowest BCUT2D eigenvalue weighted by molar-refractivity contribution is -0.142. The molecular weight excluding hydrogens is 437 g/mol. The lowest BCUT2D eigenvalue weighted by Crippen LogP contribution is -2.43. The minimum absolute atomic E-state index is 0.191. The molecule has 0 saturated carbocycles. The first-order chi connectivity index (χ1) is 11.5. The highest BCUT2D eigenvalue weighted by atomic mass is 127. The smallest absolute Gasteiger partial charge is 0.411 e. The van der Waals surface area contributed by atoms with Crippen LogP contribution in [0.25, 0.3) is 0 Å². The molecule has 6 nitrogen and oxygen atoms in total. The third kappa shape index (κ3) is 4.99. The third-order valence-corrected chi connectivity index (χ3v) is 4.51. The SMILES string of the molecule is Cc1cc(I)cc(C)c1OC1CC(C(=O)O)N(C(=O)OC(C)(C)C)C1. The van der Waals surface area contributed by atoms with Crippen LogP contribution in [0.5, 0.6) is 5.75 Å². The highest BCUT2D eigenvalue weighted by Gasteiger charge is 2.42. The number of benzene rings is 1. The molecule has 1 heterocycles. The number of rotatable bonds is 3. The molecule has 0 spiro atoms. The van der Waals surface area contributed by atoms with Gasteiger partial charge in [-0.05, 0) is 80.5 Å².